The Balaban J connectivity index is 1.77. The van der Waals surface area contributed by atoms with Crippen LogP contribution in [0.4, 0.5) is 0 Å². The number of amides is 1. The molecular weight excluding hydrogens is 342 g/mol. The summed E-state index contributed by atoms with van der Waals surface area (Å²) in [6.45, 7) is 5.13. The molecule has 1 fully saturated rings. The van der Waals surface area contributed by atoms with E-state index in [0.29, 0.717) is 31.1 Å². The summed E-state index contributed by atoms with van der Waals surface area (Å²) in [5, 5.41) is 0. The topological polar surface area (TPSA) is 48.0 Å². The van der Waals surface area contributed by atoms with E-state index in [1.165, 1.54) is 0 Å². The molecule has 2 aromatic carbocycles. The van der Waals surface area contributed by atoms with E-state index in [1.54, 1.807) is 14.2 Å². The number of benzene rings is 2. The lowest BCUT2D eigenvalue weighted by molar-refractivity contribution is -0.154. The van der Waals surface area contributed by atoms with Gasteiger partial charge in [0, 0.05) is 0 Å². The van der Waals surface area contributed by atoms with E-state index in [9.17, 15) is 4.79 Å². The number of hydrogen-bond donors (Lipinski definition) is 0. The molecule has 1 aliphatic rings. The van der Waals surface area contributed by atoms with Gasteiger partial charge in [-0.05, 0) is 37.1 Å². The van der Waals surface area contributed by atoms with Gasteiger partial charge in [-0.1, -0.05) is 36.4 Å². The zero-order valence-corrected chi connectivity index (χ0v) is 16.4. The van der Waals surface area contributed by atoms with Gasteiger partial charge in [0.05, 0.1) is 39.3 Å². The number of carbonyl (C=O) groups is 1. The Kier molecular flexibility index (Phi) is 5.71. The van der Waals surface area contributed by atoms with Gasteiger partial charge in [-0.2, -0.15) is 0 Å². The molecule has 1 heterocycles. The van der Waals surface area contributed by atoms with E-state index in [1.807, 2.05) is 67.3 Å². The molecule has 1 aliphatic heterocycles. The average molecular weight is 369 g/mol. The highest BCUT2D eigenvalue weighted by Gasteiger charge is 2.38. The summed E-state index contributed by atoms with van der Waals surface area (Å²) in [7, 11) is 3.20. The molecule has 5 heteroatoms. The summed E-state index contributed by atoms with van der Waals surface area (Å²) in [5.41, 5.74) is 1.65. The molecule has 1 saturated heterocycles. The highest BCUT2D eigenvalue weighted by atomic mass is 16.5. The number of hydrogen-bond acceptors (Lipinski definition) is 4. The highest BCUT2D eigenvalue weighted by Crippen LogP contribution is 2.32. The van der Waals surface area contributed by atoms with E-state index < -0.39 is 0 Å². The van der Waals surface area contributed by atoms with Crippen molar-refractivity contribution in [2.45, 2.75) is 31.9 Å². The van der Waals surface area contributed by atoms with E-state index in [4.69, 9.17) is 14.2 Å². The lowest BCUT2D eigenvalue weighted by atomic mass is 9.97. The van der Waals surface area contributed by atoms with Gasteiger partial charge < -0.3 is 19.1 Å². The first-order valence-corrected chi connectivity index (χ1v) is 9.12. The first kappa shape index (κ1) is 19.2. The first-order valence-electron chi connectivity index (χ1n) is 9.12. The maximum absolute atomic E-state index is 13.1. The molecule has 0 radical (unpaired) electrons. The van der Waals surface area contributed by atoms with E-state index >= 15 is 0 Å². The molecule has 5 nitrogen and oxygen atoms in total. The normalized spacial score (nSPS) is 18.8. The van der Waals surface area contributed by atoms with Crippen LogP contribution in [-0.4, -0.2) is 43.7 Å². The molecule has 1 unspecified atom stereocenters. The zero-order valence-electron chi connectivity index (χ0n) is 16.4. The van der Waals surface area contributed by atoms with Crippen LogP contribution in [0.15, 0.2) is 48.5 Å². The predicted molar refractivity (Wildman–Crippen MR) is 104 cm³/mol. The quantitative estimate of drug-likeness (QED) is 0.808. The summed E-state index contributed by atoms with van der Waals surface area (Å²) in [6, 6.07) is 15.7. The minimum absolute atomic E-state index is 0.0800. The standard InChI is InChI=1S/C22H27NO4/c1-22(2)15-27-20(17-8-6-5-7-9-17)14-23(22)21(24)13-16-10-11-18(25-3)19(12-16)26-4/h5-12,20H,13-15H2,1-4H3. The molecule has 1 amide bonds. The molecule has 3 rings (SSSR count). The van der Waals surface area contributed by atoms with Crippen LogP contribution in [0.3, 0.4) is 0 Å². The summed E-state index contributed by atoms with van der Waals surface area (Å²) in [5.74, 6) is 1.37. The van der Waals surface area contributed by atoms with Gasteiger partial charge in [-0.25, -0.2) is 0 Å². The van der Waals surface area contributed by atoms with Crippen molar-refractivity contribution >= 4 is 5.91 Å². The summed E-state index contributed by atoms with van der Waals surface area (Å²) < 4.78 is 16.7. The van der Waals surface area contributed by atoms with Crippen molar-refractivity contribution < 1.29 is 19.0 Å². The Morgan fingerprint density at radius 2 is 1.81 bits per heavy atom. The van der Waals surface area contributed by atoms with Crippen molar-refractivity contribution in [3.05, 3.63) is 59.7 Å². The zero-order chi connectivity index (χ0) is 19.4. The Labute approximate surface area is 160 Å². The number of morpholine rings is 1. The summed E-state index contributed by atoms with van der Waals surface area (Å²) in [4.78, 5) is 15.0. The van der Waals surface area contributed by atoms with Crippen LogP contribution in [-0.2, 0) is 16.0 Å². The van der Waals surface area contributed by atoms with Crippen LogP contribution in [0, 0.1) is 0 Å². The lowest BCUT2D eigenvalue weighted by Crippen LogP contribution is -2.56. The molecule has 144 valence electrons. The second kappa shape index (κ2) is 8.01. The molecule has 27 heavy (non-hydrogen) atoms. The third-order valence-corrected chi connectivity index (χ3v) is 4.99. The van der Waals surface area contributed by atoms with Gasteiger partial charge in [0.2, 0.25) is 5.91 Å². The first-order chi connectivity index (χ1) is 12.9. The smallest absolute Gasteiger partial charge is 0.227 e. The number of ether oxygens (including phenoxy) is 3. The molecule has 0 aromatic heterocycles. The monoisotopic (exact) mass is 369 g/mol. The maximum atomic E-state index is 13.1. The molecule has 0 saturated carbocycles. The minimum atomic E-state index is -0.348. The van der Waals surface area contributed by atoms with Crippen molar-refractivity contribution in [1.82, 2.24) is 4.90 Å². The second-order valence-corrected chi connectivity index (χ2v) is 7.39. The Morgan fingerprint density at radius 1 is 1.11 bits per heavy atom. The summed E-state index contributed by atoms with van der Waals surface area (Å²) >= 11 is 0. The molecule has 0 bridgehead atoms. The Bertz CT molecular complexity index is 788. The minimum Gasteiger partial charge on any atom is -0.493 e. The Morgan fingerprint density at radius 3 is 2.48 bits per heavy atom. The summed E-state index contributed by atoms with van der Waals surface area (Å²) in [6.07, 6.45) is 0.208. The van der Waals surface area contributed by atoms with Crippen molar-refractivity contribution in [3.8, 4) is 11.5 Å². The van der Waals surface area contributed by atoms with E-state index in [0.717, 1.165) is 11.1 Å². The lowest BCUT2D eigenvalue weighted by Gasteiger charge is -2.45. The fourth-order valence-electron chi connectivity index (χ4n) is 3.42. The fraction of sp³-hybridized carbons (Fsp3) is 0.409. The maximum Gasteiger partial charge on any atom is 0.227 e. The number of carbonyl (C=O) groups excluding carboxylic acids is 1. The third kappa shape index (κ3) is 4.25. The number of rotatable bonds is 5. The van der Waals surface area contributed by atoms with Gasteiger partial charge in [0.25, 0.3) is 0 Å². The van der Waals surface area contributed by atoms with Crippen LogP contribution in [0.1, 0.15) is 31.1 Å². The van der Waals surface area contributed by atoms with Gasteiger partial charge in [0.1, 0.15) is 6.10 Å². The molecular formula is C22H27NO4. The SMILES string of the molecule is COc1ccc(CC(=O)N2CC(c3ccccc3)OCC2(C)C)cc1OC. The number of nitrogens with zero attached hydrogens (tertiary/aromatic N) is 1. The van der Waals surface area contributed by atoms with Gasteiger partial charge in [0.15, 0.2) is 11.5 Å². The van der Waals surface area contributed by atoms with Crippen molar-refractivity contribution in [1.29, 1.82) is 0 Å². The van der Waals surface area contributed by atoms with Crippen LogP contribution in [0.25, 0.3) is 0 Å². The van der Waals surface area contributed by atoms with Crippen LogP contribution in [0.2, 0.25) is 0 Å². The van der Waals surface area contributed by atoms with Crippen LogP contribution < -0.4 is 9.47 Å². The highest BCUT2D eigenvalue weighted by molar-refractivity contribution is 5.80. The van der Waals surface area contributed by atoms with E-state index in [2.05, 4.69) is 0 Å². The Hall–Kier alpha value is -2.53. The third-order valence-electron chi connectivity index (χ3n) is 4.99. The predicted octanol–water partition coefficient (Wildman–Crippen LogP) is 3.63. The second-order valence-electron chi connectivity index (χ2n) is 7.39. The molecule has 1 atom stereocenters. The largest absolute Gasteiger partial charge is 0.493 e. The molecule has 0 spiro atoms. The number of methoxy groups -OCH3 is 2. The van der Waals surface area contributed by atoms with E-state index in [-0.39, 0.29) is 17.6 Å². The average Bonchev–Trinajstić information content (AvgIpc) is 2.68. The molecule has 0 N–H and O–H groups in total. The van der Waals surface area contributed by atoms with Gasteiger partial charge >= 0.3 is 0 Å². The fourth-order valence-corrected chi connectivity index (χ4v) is 3.42. The van der Waals surface area contributed by atoms with Crippen molar-refractivity contribution in [2.24, 2.45) is 0 Å². The van der Waals surface area contributed by atoms with Gasteiger partial charge in [-0.15, -0.1) is 0 Å². The molecule has 2 aromatic rings. The van der Waals surface area contributed by atoms with Gasteiger partial charge in [-0.3, -0.25) is 4.79 Å². The van der Waals surface area contributed by atoms with Crippen molar-refractivity contribution in [2.75, 3.05) is 27.4 Å². The molecule has 0 aliphatic carbocycles. The van der Waals surface area contributed by atoms with Crippen LogP contribution in [0.5, 0.6) is 11.5 Å². The van der Waals surface area contributed by atoms with Crippen LogP contribution >= 0.6 is 0 Å². The van der Waals surface area contributed by atoms with Crippen molar-refractivity contribution in [3.63, 3.8) is 0 Å².